The van der Waals surface area contributed by atoms with E-state index in [1.165, 1.54) is 0 Å². The number of aryl methyl sites for hydroxylation is 1. The maximum atomic E-state index is 5.64. The molecule has 0 bridgehead atoms. The van der Waals surface area contributed by atoms with Crippen molar-refractivity contribution in [3.63, 3.8) is 0 Å². The van der Waals surface area contributed by atoms with Gasteiger partial charge in [-0.2, -0.15) is 0 Å². The van der Waals surface area contributed by atoms with E-state index in [1.807, 2.05) is 11.6 Å². The van der Waals surface area contributed by atoms with Crippen LogP contribution < -0.4 is 5.32 Å². The van der Waals surface area contributed by atoms with E-state index in [4.69, 9.17) is 9.47 Å². The zero-order valence-corrected chi connectivity index (χ0v) is 15.0. The van der Waals surface area contributed by atoms with Gasteiger partial charge >= 0.3 is 0 Å². The molecule has 1 atom stereocenters. The van der Waals surface area contributed by atoms with Gasteiger partial charge in [0.25, 0.3) is 0 Å². The van der Waals surface area contributed by atoms with Crippen molar-refractivity contribution in [1.29, 1.82) is 0 Å². The van der Waals surface area contributed by atoms with E-state index in [1.54, 1.807) is 20.5 Å². The molecule has 0 spiro atoms. The first-order valence-electron chi connectivity index (χ1n) is 6.63. The molecule has 1 fully saturated rings. The Hall–Kier alpha value is -0.940. The van der Waals surface area contributed by atoms with Crippen molar-refractivity contribution in [2.24, 2.45) is 12.0 Å². The van der Waals surface area contributed by atoms with Crippen molar-refractivity contribution in [3.8, 4) is 0 Å². The fourth-order valence-corrected chi connectivity index (χ4v) is 2.16. The molecular weight excluding hydrogens is 387 g/mol. The highest BCUT2D eigenvalue weighted by Crippen LogP contribution is 2.06. The van der Waals surface area contributed by atoms with Crippen molar-refractivity contribution in [3.05, 3.63) is 12.2 Å². The molecule has 1 aliphatic rings. The Bertz CT molecular complexity index is 451. The van der Waals surface area contributed by atoms with Gasteiger partial charge in [-0.1, -0.05) is 0 Å². The minimum atomic E-state index is 0. The van der Waals surface area contributed by atoms with Gasteiger partial charge in [0, 0.05) is 34.3 Å². The van der Waals surface area contributed by atoms with E-state index in [0.29, 0.717) is 19.8 Å². The lowest BCUT2D eigenvalue weighted by atomic mass is 10.3. The number of nitrogens with zero attached hydrogens (tertiary/aromatic N) is 5. The van der Waals surface area contributed by atoms with Crippen LogP contribution in [0.3, 0.4) is 0 Å². The molecule has 0 amide bonds. The molecule has 0 saturated carbocycles. The first-order valence-corrected chi connectivity index (χ1v) is 6.63. The number of nitrogens with one attached hydrogen (secondary N) is 1. The first kappa shape index (κ1) is 18.1. The van der Waals surface area contributed by atoms with Crippen LogP contribution in [0.4, 0.5) is 0 Å². The Morgan fingerprint density at radius 3 is 3.05 bits per heavy atom. The van der Waals surface area contributed by atoms with E-state index >= 15 is 0 Å². The number of guanidine groups is 1. The smallest absolute Gasteiger partial charge is 0.194 e. The lowest BCUT2D eigenvalue weighted by molar-refractivity contribution is -0.0447. The van der Waals surface area contributed by atoms with Gasteiger partial charge in [-0.3, -0.25) is 4.99 Å². The number of aliphatic imine (C=N–C) groups is 1. The predicted molar refractivity (Wildman–Crippen MR) is 89.8 cm³/mol. The number of hydrogen-bond acceptors (Lipinski definition) is 5. The third kappa shape index (κ3) is 5.08. The quantitative estimate of drug-likeness (QED) is 0.423. The number of morpholine rings is 1. The fraction of sp³-hybridized carbons (Fsp3) is 0.750. The molecule has 9 heteroatoms. The van der Waals surface area contributed by atoms with E-state index in [-0.39, 0.29) is 30.1 Å². The molecule has 2 heterocycles. The molecule has 0 aromatic carbocycles. The van der Waals surface area contributed by atoms with Gasteiger partial charge in [-0.05, 0) is 0 Å². The van der Waals surface area contributed by atoms with Crippen LogP contribution in [0.1, 0.15) is 5.82 Å². The third-order valence-electron chi connectivity index (χ3n) is 3.21. The van der Waals surface area contributed by atoms with Crippen molar-refractivity contribution in [2.45, 2.75) is 12.6 Å². The highest BCUT2D eigenvalue weighted by atomic mass is 127. The number of methoxy groups -OCH3 is 1. The summed E-state index contributed by atoms with van der Waals surface area (Å²) in [6.07, 6.45) is 1.77. The summed E-state index contributed by atoms with van der Waals surface area (Å²) in [6, 6.07) is 0. The second kappa shape index (κ2) is 9.15. The topological polar surface area (TPSA) is 76.8 Å². The minimum absolute atomic E-state index is 0. The van der Waals surface area contributed by atoms with Crippen LogP contribution in [0.5, 0.6) is 0 Å². The molecule has 1 saturated heterocycles. The fourth-order valence-electron chi connectivity index (χ4n) is 2.16. The van der Waals surface area contributed by atoms with Crippen LogP contribution >= 0.6 is 24.0 Å². The molecular formula is C12H23IN6O2. The van der Waals surface area contributed by atoms with Crippen LogP contribution in [-0.2, 0) is 23.1 Å². The largest absolute Gasteiger partial charge is 0.382 e. The molecule has 1 unspecified atom stereocenters. The summed E-state index contributed by atoms with van der Waals surface area (Å²) in [5.41, 5.74) is 0. The van der Waals surface area contributed by atoms with Crippen LogP contribution in [0.15, 0.2) is 11.3 Å². The highest BCUT2D eigenvalue weighted by molar-refractivity contribution is 14.0. The van der Waals surface area contributed by atoms with Gasteiger partial charge in [0.1, 0.15) is 6.33 Å². The molecule has 1 aliphatic heterocycles. The Morgan fingerprint density at radius 2 is 2.43 bits per heavy atom. The van der Waals surface area contributed by atoms with Crippen molar-refractivity contribution < 1.29 is 9.47 Å². The summed E-state index contributed by atoms with van der Waals surface area (Å²) >= 11 is 0. The summed E-state index contributed by atoms with van der Waals surface area (Å²) in [4.78, 5) is 6.48. The second-order valence-corrected chi connectivity index (χ2v) is 4.65. The lowest BCUT2D eigenvalue weighted by Gasteiger charge is -2.34. The summed E-state index contributed by atoms with van der Waals surface area (Å²) in [5.74, 6) is 1.71. The number of ether oxygens (including phenoxy) is 2. The Morgan fingerprint density at radius 1 is 1.62 bits per heavy atom. The summed E-state index contributed by atoms with van der Waals surface area (Å²) < 4.78 is 12.7. The normalized spacial score (nSPS) is 19.3. The molecule has 1 aromatic heterocycles. The number of rotatable bonds is 4. The molecule has 2 rings (SSSR count). The summed E-state index contributed by atoms with van der Waals surface area (Å²) in [7, 11) is 5.38. The van der Waals surface area contributed by atoms with Crippen LogP contribution in [-0.4, -0.2) is 72.2 Å². The zero-order chi connectivity index (χ0) is 14.4. The average Bonchev–Trinajstić information content (AvgIpc) is 2.86. The van der Waals surface area contributed by atoms with Crippen molar-refractivity contribution in [2.75, 3.05) is 40.5 Å². The Kier molecular flexibility index (Phi) is 7.89. The van der Waals surface area contributed by atoms with Gasteiger partial charge in [0.05, 0.1) is 25.9 Å². The molecule has 0 aliphatic carbocycles. The average molecular weight is 410 g/mol. The Labute approximate surface area is 141 Å². The van der Waals surface area contributed by atoms with Crippen molar-refractivity contribution in [1.82, 2.24) is 25.0 Å². The minimum Gasteiger partial charge on any atom is -0.382 e. The van der Waals surface area contributed by atoms with Gasteiger partial charge in [0.2, 0.25) is 0 Å². The summed E-state index contributed by atoms with van der Waals surface area (Å²) in [6.45, 7) is 3.45. The van der Waals surface area contributed by atoms with E-state index in [9.17, 15) is 0 Å². The number of aromatic nitrogens is 3. The predicted octanol–water partition coefficient (Wildman–Crippen LogP) is -0.144. The van der Waals surface area contributed by atoms with Gasteiger partial charge in [-0.25, -0.2) is 0 Å². The molecule has 8 nitrogen and oxygen atoms in total. The van der Waals surface area contributed by atoms with Crippen LogP contribution in [0.2, 0.25) is 0 Å². The molecule has 21 heavy (non-hydrogen) atoms. The Balaban J connectivity index is 0.00000220. The van der Waals surface area contributed by atoms with Gasteiger partial charge < -0.3 is 24.3 Å². The molecule has 1 aromatic rings. The lowest BCUT2D eigenvalue weighted by Crippen LogP contribution is -2.51. The highest BCUT2D eigenvalue weighted by Gasteiger charge is 2.22. The SMILES string of the molecule is CN=C(NCc1nncn1C)N1CCOC(COC)C1.I. The molecule has 1 N–H and O–H groups in total. The van der Waals surface area contributed by atoms with Gasteiger partial charge in [-0.15, -0.1) is 34.2 Å². The van der Waals surface area contributed by atoms with E-state index in [0.717, 1.165) is 24.9 Å². The maximum absolute atomic E-state index is 5.64. The van der Waals surface area contributed by atoms with E-state index < -0.39 is 0 Å². The van der Waals surface area contributed by atoms with Crippen molar-refractivity contribution >= 4 is 29.9 Å². The zero-order valence-electron chi connectivity index (χ0n) is 12.7. The monoisotopic (exact) mass is 410 g/mol. The molecule has 0 radical (unpaired) electrons. The van der Waals surface area contributed by atoms with E-state index in [2.05, 4.69) is 25.4 Å². The first-order chi connectivity index (χ1) is 9.74. The molecule has 120 valence electrons. The number of halogens is 1. The van der Waals surface area contributed by atoms with Crippen LogP contribution in [0, 0.1) is 0 Å². The summed E-state index contributed by atoms with van der Waals surface area (Å²) in [5, 5.41) is 11.2. The maximum Gasteiger partial charge on any atom is 0.194 e. The van der Waals surface area contributed by atoms with Crippen LogP contribution in [0.25, 0.3) is 0 Å². The standard InChI is InChI=1S/C12H22N6O2.HI/c1-13-12(14-6-11-16-15-9-17(11)2)18-4-5-20-10(7-18)8-19-3;/h9-10H,4-8H2,1-3H3,(H,13,14);1H. The third-order valence-corrected chi connectivity index (χ3v) is 3.21. The number of hydrogen-bond donors (Lipinski definition) is 1. The second-order valence-electron chi connectivity index (χ2n) is 4.65. The van der Waals surface area contributed by atoms with Gasteiger partial charge in [0.15, 0.2) is 11.8 Å².